The Morgan fingerprint density at radius 1 is 1.10 bits per heavy atom. The number of benzene rings is 2. The first-order chi connectivity index (χ1) is 14.3. The first kappa shape index (κ1) is 23.1. The average molecular weight is 436 g/mol. The molecule has 1 N–H and O–H groups in total. The molecule has 0 aliphatic heterocycles. The number of carbonyl (C=O) groups is 1. The molecule has 1 aliphatic carbocycles. The normalized spacial score (nSPS) is 19.7. The van der Waals surface area contributed by atoms with Crippen LogP contribution in [0.5, 0.6) is 5.75 Å². The summed E-state index contributed by atoms with van der Waals surface area (Å²) in [6, 6.07) is 9.11. The third-order valence-electron chi connectivity index (χ3n) is 5.83. The summed E-state index contributed by atoms with van der Waals surface area (Å²) in [6.07, 6.45) is -3.80. The number of hydrogen-bond donors (Lipinski definition) is 1. The number of alkyl halides is 3. The van der Waals surface area contributed by atoms with E-state index in [1.165, 1.54) is 26.0 Å². The summed E-state index contributed by atoms with van der Waals surface area (Å²) in [5.41, 5.74) is 1.48. The number of ether oxygens (including phenoxy) is 2. The van der Waals surface area contributed by atoms with Crippen LogP contribution in [0.15, 0.2) is 36.4 Å². The highest BCUT2D eigenvalue weighted by atomic mass is 19.4. The van der Waals surface area contributed by atoms with E-state index in [2.05, 4.69) is 0 Å². The van der Waals surface area contributed by atoms with E-state index in [1.54, 1.807) is 7.11 Å². The predicted octanol–water partition coefficient (Wildman–Crippen LogP) is 6.06. The molecular weight excluding hydrogens is 409 g/mol. The highest BCUT2D eigenvalue weighted by molar-refractivity contribution is 5.77. The van der Waals surface area contributed by atoms with Crippen molar-refractivity contribution in [2.45, 2.75) is 57.9 Å². The Labute approximate surface area is 180 Å². The number of aryl methyl sites for hydroxylation is 2. The standard InChI is InChI=1S/C24H27F3O4/c1-13-10-16(11-14(2)20(13)31-23(3,4)22(28)29)18-12-19(18)21(30-5)15-6-8-17(9-7-15)24(25,26)27/h6-11,18-19,21H,12H2,1-5H3,(H,28,29). The van der Waals surface area contributed by atoms with Crippen LogP contribution >= 0.6 is 0 Å². The van der Waals surface area contributed by atoms with Gasteiger partial charge in [-0.2, -0.15) is 13.2 Å². The number of carboxylic acid groups (broad SMARTS) is 1. The number of hydrogen-bond acceptors (Lipinski definition) is 3. The minimum Gasteiger partial charge on any atom is -0.478 e. The quantitative estimate of drug-likeness (QED) is 0.574. The Kier molecular flexibility index (Phi) is 6.11. The number of carboxylic acids is 1. The summed E-state index contributed by atoms with van der Waals surface area (Å²) < 4.78 is 49.9. The molecule has 3 atom stereocenters. The minimum atomic E-state index is -4.36. The number of aliphatic carboxylic acids is 1. The molecule has 3 unspecified atom stereocenters. The third-order valence-corrected chi connectivity index (χ3v) is 5.83. The SMILES string of the molecule is COC(c1ccc(C(F)(F)F)cc1)C1CC1c1cc(C)c(OC(C)(C)C(=O)O)c(C)c1. The first-order valence-corrected chi connectivity index (χ1v) is 10.1. The fourth-order valence-corrected chi connectivity index (χ4v) is 4.01. The summed E-state index contributed by atoms with van der Waals surface area (Å²) >= 11 is 0. The molecule has 4 nitrogen and oxygen atoms in total. The molecule has 7 heteroatoms. The van der Waals surface area contributed by atoms with Crippen molar-refractivity contribution in [2.75, 3.05) is 7.11 Å². The van der Waals surface area contributed by atoms with Crippen LogP contribution in [0.3, 0.4) is 0 Å². The van der Waals surface area contributed by atoms with Crippen molar-refractivity contribution in [3.8, 4) is 5.75 Å². The van der Waals surface area contributed by atoms with Crippen molar-refractivity contribution in [1.29, 1.82) is 0 Å². The molecule has 1 fully saturated rings. The van der Waals surface area contributed by atoms with E-state index in [4.69, 9.17) is 9.47 Å². The van der Waals surface area contributed by atoms with Crippen LogP contribution in [0.2, 0.25) is 0 Å². The largest absolute Gasteiger partial charge is 0.478 e. The molecule has 0 heterocycles. The van der Waals surface area contributed by atoms with Gasteiger partial charge in [0, 0.05) is 7.11 Å². The highest BCUT2D eigenvalue weighted by Gasteiger charge is 2.45. The van der Waals surface area contributed by atoms with Gasteiger partial charge in [-0.25, -0.2) is 4.79 Å². The number of methoxy groups -OCH3 is 1. The maximum Gasteiger partial charge on any atom is 0.416 e. The van der Waals surface area contributed by atoms with Crippen LogP contribution in [0.1, 0.15) is 60.1 Å². The second kappa shape index (κ2) is 8.19. The summed E-state index contributed by atoms with van der Waals surface area (Å²) in [5.74, 6) is -0.120. The summed E-state index contributed by atoms with van der Waals surface area (Å²) in [6.45, 7) is 6.77. The van der Waals surface area contributed by atoms with Crippen molar-refractivity contribution in [3.05, 3.63) is 64.2 Å². The number of rotatable bonds is 7. The minimum absolute atomic E-state index is 0.155. The van der Waals surface area contributed by atoms with Gasteiger partial charge in [0.25, 0.3) is 0 Å². The average Bonchev–Trinajstić information content (AvgIpc) is 3.45. The van der Waals surface area contributed by atoms with Gasteiger partial charge in [0.1, 0.15) is 5.75 Å². The summed E-state index contributed by atoms with van der Waals surface area (Å²) in [7, 11) is 1.57. The lowest BCUT2D eigenvalue weighted by molar-refractivity contribution is -0.152. The second-order valence-electron chi connectivity index (χ2n) is 8.68. The van der Waals surface area contributed by atoms with Gasteiger partial charge in [-0.1, -0.05) is 24.3 Å². The van der Waals surface area contributed by atoms with Crippen molar-refractivity contribution in [2.24, 2.45) is 5.92 Å². The maximum absolute atomic E-state index is 12.8. The molecule has 0 aromatic heterocycles. The van der Waals surface area contributed by atoms with Gasteiger partial charge in [0.05, 0.1) is 11.7 Å². The van der Waals surface area contributed by atoms with Crippen LogP contribution < -0.4 is 4.74 Å². The Balaban J connectivity index is 1.79. The Morgan fingerprint density at radius 3 is 2.10 bits per heavy atom. The van der Waals surface area contributed by atoms with Crippen molar-refractivity contribution >= 4 is 5.97 Å². The van der Waals surface area contributed by atoms with Crippen LogP contribution in [-0.4, -0.2) is 23.8 Å². The summed E-state index contributed by atoms with van der Waals surface area (Å²) in [5, 5.41) is 9.33. The van der Waals surface area contributed by atoms with Crippen molar-refractivity contribution < 1.29 is 32.5 Å². The van der Waals surface area contributed by atoms with E-state index in [0.717, 1.165) is 40.8 Å². The van der Waals surface area contributed by atoms with Gasteiger partial charge in [-0.05, 0) is 80.3 Å². The van der Waals surface area contributed by atoms with Gasteiger partial charge in [0.15, 0.2) is 5.60 Å². The lowest BCUT2D eigenvalue weighted by atomic mass is 9.97. The highest BCUT2D eigenvalue weighted by Crippen LogP contribution is 2.56. The predicted molar refractivity (Wildman–Crippen MR) is 110 cm³/mol. The smallest absolute Gasteiger partial charge is 0.416 e. The zero-order chi connectivity index (χ0) is 23.1. The molecule has 2 aromatic carbocycles. The van der Waals surface area contributed by atoms with Gasteiger partial charge in [0.2, 0.25) is 0 Å². The third kappa shape index (κ3) is 4.87. The van der Waals surface area contributed by atoms with E-state index in [1.807, 2.05) is 26.0 Å². The molecule has 0 amide bonds. The lowest BCUT2D eigenvalue weighted by Gasteiger charge is -2.24. The maximum atomic E-state index is 12.8. The summed E-state index contributed by atoms with van der Waals surface area (Å²) in [4.78, 5) is 11.4. The van der Waals surface area contributed by atoms with E-state index >= 15 is 0 Å². The fourth-order valence-electron chi connectivity index (χ4n) is 4.01. The molecule has 0 spiro atoms. The molecular formula is C24H27F3O4. The van der Waals surface area contributed by atoms with Crippen LogP contribution in [-0.2, 0) is 15.7 Å². The zero-order valence-corrected chi connectivity index (χ0v) is 18.2. The fraction of sp³-hybridized carbons (Fsp3) is 0.458. The van der Waals surface area contributed by atoms with Gasteiger partial charge in [-0.15, -0.1) is 0 Å². The number of halogens is 3. The van der Waals surface area contributed by atoms with Crippen molar-refractivity contribution in [1.82, 2.24) is 0 Å². The van der Waals surface area contributed by atoms with E-state index in [9.17, 15) is 23.1 Å². The Hall–Kier alpha value is -2.54. The topological polar surface area (TPSA) is 55.8 Å². The monoisotopic (exact) mass is 436 g/mol. The lowest BCUT2D eigenvalue weighted by Crippen LogP contribution is -2.38. The van der Waals surface area contributed by atoms with E-state index < -0.39 is 23.3 Å². The molecule has 1 saturated carbocycles. The van der Waals surface area contributed by atoms with Gasteiger partial charge in [-0.3, -0.25) is 0 Å². The molecule has 1 aliphatic rings. The van der Waals surface area contributed by atoms with E-state index in [0.29, 0.717) is 5.75 Å². The molecule has 31 heavy (non-hydrogen) atoms. The molecule has 168 valence electrons. The van der Waals surface area contributed by atoms with E-state index in [-0.39, 0.29) is 17.9 Å². The van der Waals surface area contributed by atoms with Gasteiger partial charge >= 0.3 is 12.1 Å². The van der Waals surface area contributed by atoms with Crippen LogP contribution in [0.4, 0.5) is 13.2 Å². The van der Waals surface area contributed by atoms with Crippen LogP contribution in [0, 0.1) is 19.8 Å². The van der Waals surface area contributed by atoms with Crippen LogP contribution in [0.25, 0.3) is 0 Å². The molecule has 0 saturated heterocycles. The Bertz CT molecular complexity index is 941. The van der Waals surface area contributed by atoms with Crippen molar-refractivity contribution in [3.63, 3.8) is 0 Å². The molecule has 3 rings (SSSR count). The Morgan fingerprint density at radius 2 is 1.65 bits per heavy atom. The molecule has 2 aromatic rings. The first-order valence-electron chi connectivity index (χ1n) is 10.1. The van der Waals surface area contributed by atoms with Gasteiger partial charge < -0.3 is 14.6 Å². The zero-order valence-electron chi connectivity index (χ0n) is 18.2. The molecule has 0 radical (unpaired) electrons. The molecule has 0 bridgehead atoms. The second-order valence-corrected chi connectivity index (χ2v) is 8.68.